The van der Waals surface area contributed by atoms with E-state index in [2.05, 4.69) is 36.4 Å². The van der Waals surface area contributed by atoms with Gasteiger partial charge >= 0.3 is 0 Å². The summed E-state index contributed by atoms with van der Waals surface area (Å²) in [5.74, 6) is 0.460. The number of nitrogens with one attached hydrogen (secondary N) is 2. The molecule has 1 saturated heterocycles. The Morgan fingerprint density at radius 1 is 1.24 bits per heavy atom. The number of carbonyl (C=O) groups is 1. The standard InChI is InChI=1S/C17H27N3O/c1-13(2)12-17(21)19-16-7-5-4-6-15(16)18-14-8-10-20(3)11-9-14/h4-7,13-14,18H,8-12H2,1-3H3,(H,19,21). The van der Waals surface area contributed by atoms with Crippen molar-refractivity contribution in [1.82, 2.24) is 4.90 Å². The van der Waals surface area contributed by atoms with Crippen molar-refractivity contribution in [2.75, 3.05) is 30.8 Å². The van der Waals surface area contributed by atoms with E-state index in [0.717, 1.165) is 37.3 Å². The Labute approximate surface area is 127 Å². The molecule has 0 radical (unpaired) electrons. The Morgan fingerprint density at radius 3 is 2.48 bits per heavy atom. The van der Waals surface area contributed by atoms with Gasteiger partial charge in [0.25, 0.3) is 0 Å². The number of anilines is 2. The average Bonchev–Trinajstić information content (AvgIpc) is 2.42. The van der Waals surface area contributed by atoms with Crippen LogP contribution in [0.15, 0.2) is 24.3 Å². The quantitative estimate of drug-likeness (QED) is 0.875. The van der Waals surface area contributed by atoms with E-state index in [9.17, 15) is 4.79 Å². The summed E-state index contributed by atoms with van der Waals surface area (Å²) in [4.78, 5) is 14.3. The first-order valence-corrected chi connectivity index (χ1v) is 7.88. The summed E-state index contributed by atoms with van der Waals surface area (Å²) < 4.78 is 0. The number of benzene rings is 1. The molecule has 2 N–H and O–H groups in total. The fraction of sp³-hybridized carbons (Fsp3) is 0.588. The zero-order valence-corrected chi connectivity index (χ0v) is 13.4. The third-order valence-electron chi connectivity index (χ3n) is 3.87. The highest BCUT2D eigenvalue weighted by Crippen LogP contribution is 2.24. The van der Waals surface area contributed by atoms with Gasteiger partial charge < -0.3 is 15.5 Å². The fourth-order valence-electron chi connectivity index (χ4n) is 2.66. The molecule has 1 aromatic carbocycles. The molecule has 2 rings (SSSR count). The molecule has 1 aliphatic rings. The average molecular weight is 289 g/mol. The van der Waals surface area contributed by atoms with Crippen molar-refractivity contribution >= 4 is 17.3 Å². The predicted octanol–water partition coefficient (Wildman–Crippen LogP) is 3.18. The molecule has 116 valence electrons. The lowest BCUT2D eigenvalue weighted by Gasteiger charge is -2.30. The minimum Gasteiger partial charge on any atom is -0.381 e. The van der Waals surface area contributed by atoms with Gasteiger partial charge in [-0.25, -0.2) is 0 Å². The van der Waals surface area contributed by atoms with Crippen molar-refractivity contribution in [2.45, 2.75) is 39.2 Å². The van der Waals surface area contributed by atoms with E-state index in [1.807, 2.05) is 24.3 Å². The Balaban J connectivity index is 1.98. The van der Waals surface area contributed by atoms with Crippen LogP contribution in [-0.4, -0.2) is 37.0 Å². The van der Waals surface area contributed by atoms with E-state index < -0.39 is 0 Å². The molecule has 4 nitrogen and oxygen atoms in total. The first-order valence-electron chi connectivity index (χ1n) is 7.88. The van der Waals surface area contributed by atoms with E-state index in [1.165, 1.54) is 0 Å². The summed E-state index contributed by atoms with van der Waals surface area (Å²) in [6, 6.07) is 8.48. The molecule has 1 fully saturated rings. The van der Waals surface area contributed by atoms with Gasteiger partial charge in [-0.05, 0) is 51.0 Å². The maximum Gasteiger partial charge on any atom is 0.224 e. The minimum atomic E-state index is 0.0858. The zero-order valence-electron chi connectivity index (χ0n) is 13.4. The van der Waals surface area contributed by atoms with E-state index in [-0.39, 0.29) is 5.91 Å². The molecular weight excluding hydrogens is 262 g/mol. The molecule has 0 aromatic heterocycles. The zero-order chi connectivity index (χ0) is 15.2. The molecule has 0 aliphatic carbocycles. The maximum absolute atomic E-state index is 12.0. The lowest BCUT2D eigenvalue weighted by Crippen LogP contribution is -2.36. The van der Waals surface area contributed by atoms with Gasteiger partial charge in [0.15, 0.2) is 0 Å². The maximum atomic E-state index is 12.0. The molecule has 0 bridgehead atoms. The number of nitrogens with zero attached hydrogens (tertiary/aromatic N) is 1. The molecule has 0 atom stereocenters. The highest BCUT2D eigenvalue weighted by atomic mass is 16.1. The normalized spacial score (nSPS) is 17.0. The van der Waals surface area contributed by atoms with Gasteiger partial charge in [0.05, 0.1) is 11.4 Å². The molecule has 0 unspecified atom stereocenters. The Bertz CT molecular complexity index is 465. The van der Waals surface area contributed by atoms with Gasteiger partial charge in [-0.3, -0.25) is 4.79 Å². The first kappa shape index (κ1) is 15.8. The van der Waals surface area contributed by atoms with Crippen molar-refractivity contribution in [3.63, 3.8) is 0 Å². The van der Waals surface area contributed by atoms with Crippen LogP contribution < -0.4 is 10.6 Å². The second-order valence-electron chi connectivity index (χ2n) is 6.41. The van der Waals surface area contributed by atoms with Crippen LogP contribution in [-0.2, 0) is 4.79 Å². The molecule has 4 heteroatoms. The van der Waals surface area contributed by atoms with Crippen molar-refractivity contribution in [3.05, 3.63) is 24.3 Å². The lowest BCUT2D eigenvalue weighted by molar-refractivity contribution is -0.116. The van der Waals surface area contributed by atoms with Crippen LogP contribution in [0.1, 0.15) is 33.1 Å². The largest absolute Gasteiger partial charge is 0.381 e. The molecular formula is C17H27N3O. The lowest BCUT2D eigenvalue weighted by atomic mass is 10.0. The van der Waals surface area contributed by atoms with E-state index in [1.54, 1.807) is 0 Å². The molecule has 1 aliphatic heterocycles. The number of rotatable bonds is 5. The highest BCUT2D eigenvalue weighted by molar-refractivity contribution is 5.94. The van der Waals surface area contributed by atoms with Crippen molar-refractivity contribution in [1.29, 1.82) is 0 Å². The third-order valence-corrected chi connectivity index (χ3v) is 3.87. The minimum absolute atomic E-state index is 0.0858. The van der Waals surface area contributed by atoms with Crippen molar-refractivity contribution in [2.24, 2.45) is 5.92 Å². The van der Waals surface area contributed by atoms with Gasteiger partial charge in [0.1, 0.15) is 0 Å². The summed E-state index contributed by atoms with van der Waals surface area (Å²) in [6.07, 6.45) is 2.85. The summed E-state index contributed by atoms with van der Waals surface area (Å²) in [5.41, 5.74) is 1.92. The molecule has 1 amide bonds. The smallest absolute Gasteiger partial charge is 0.224 e. The summed E-state index contributed by atoms with van der Waals surface area (Å²) in [7, 11) is 2.16. The summed E-state index contributed by atoms with van der Waals surface area (Å²) >= 11 is 0. The van der Waals surface area contributed by atoms with E-state index in [4.69, 9.17) is 0 Å². The van der Waals surface area contributed by atoms with Crippen LogP contribution >= 0.6 is 0 Å². The monoisotopic (exact) mass is 289 g/mol. The third kappa shape index (κ3) is 5.05. The Kier molecular flexibility index (Phi) is 5.62. The number of para-hydroxylation sites is 2. The second-order valence-corrected chi connectivity index (χ2v) is 6.41. The topological polar surface area (TPSA) is 44.4 Å². The summed E-state index contributed by atoms with van der Waals surface area (Å²) in [6.45, 7) is 6.36. The Morgan fingerprint density at radius 2 is 1.86 bits per heavy atom. The number of hydrogen-bond donors (Lipinski definition) is 2. The number of carbonyl (C=O) groups excluding carboxylic acids is 1. The molecule has 0 spiro atoms. The van der Waals surface area contributed by atoms with Crippen LogP contribution in [0.2, 0.25) is 0 Å². The van der Waals surface area contributed by atoms with Gasteiger partial charge in [-0.1, -0.05) is 26.0 Å². The molecule has 21 heavy (non-hydrogen) atoms. The van der Waals surface area contributed by atoms with Crippen molar-refractivity contribution in [3.8, 4) is 0 Å². The Hall–Kier alpha value is -1.55. The number of piperidine rings is 1. The van der Waals surface area contributed by atoms with E-state index >= 15 is 0 Å². The van der Waals surface area contributed by atoms with Crippen LogP contribution in [0.25, 0.3) is 0 Å². The van der Waals surface area contributed by atoms with Gasteiger partial charge in [-0.15, -0.1) is 0 Å². The molecule has 0 saturated carbocycles. The first-order chi connectivity index (χ1) is 10.0. The van der Waals surface area contributed by atoms with Crippen LogP contribution in [0.3, 0.4) is 0 Å². The van der Waals surface area contributed by atoms with Crippen LogP contribution in [0.4, 0.5) is 11.4 Å². The number of hydrogen-bond acceptors (Lipinski definition) is 3. The van der Waals surface area contributed by atoms with Gasteiger partial charge in [-0.2, -0.15) is 0 Å². The van der Waals surface area contributed by atoms with Crippen molar-refractivity contribution < 1.29 is 4.79 Å². The van der Waals surface area contributed by atoms with E-state index in [0.29, 0.717) is 18.4 Å². The van der Waals surface area contributed by atoms with Crippen LogP contribution in [0, 0.1) is 5.92 Å². The van der Waals surface area contributed by atoms with Gasteiger partial charge in [0.2, 0.25) is 5.91 Å². The summed E-state index contributed by atoms with van der Waals surface area (Å²) in [5, 5.41) is 6.62. The number of likely N-dealkylation sites (tertiary alicyclic amines) is 1. The van der Waals surface area contributed by atoms with Crippen LogP contribution in [0.5, 0.6) is 0 Å². The fourth-order valence-corrected chi connectivity index (χ4v) is 2.66. The predicted molar refractivity (Wildman–Crippen MR) is 88.7 cm³/mol. The van der Waals surface area contributed by atoms with Gasteiger partial charge in [0, 0.05) is 12.5 Å². The molecule has 1 aromatic rings. The highest BCUT2D eigenvalue weighted by Gasteiger charge is 2.17. The number of amides is 1. The molecule has 1 heterocycles. The SMILES string of the molecule is CC(C)CC(=O)Nc1ccccc1NC1CCN(C)CC1. The second kappa shape index (κ2) is 7.46.